The van der Waals surface area contributed by atoms with Gasteiger partial charge in [0.2, 0.25) is 0 Å². The van der Waals surface area contributed by atoms with E-state index in [0.29, 0.717) is 23.4 Å². The van der Waals surface area contributed by atoms with Crippen molar-refractivity contribution in [3.05, 3.63) is 64.1 Å². The largest absolute Gasteiger partial charge is 0.416 e. The van der Waals surface area contributed by atoms with Gasteiger partial charge < -0.3 is 5.32 Å². The van der Waals surface area contributed by atoms with E-state index >= 15 is 0 Å². The molecule has 1 aromatic heterocycles. The lowest BCUT2D eigenvalue weighted by molar-refractivity contribution is -0.137. The number of nitrogens with zero attached hydrogens (tertiary/aromatic N) is 2. The monoisotopic (exact) mass is 375 g/mol. The van der Waals surface area contributed by atoms with Crippen molar-refractivity contribution in [2.75, 3.05) is 11.9 Å². The number of hydrogen-bond donors (Lipinski definition) is 1. The molecule has 4 nitrogen and oxygen atoms in total. The minimum Gasteiger partial charge on any atom is -0.369 e. The maximum atomic E-state index is 13.3. The van der Waals surface area contributed by atoms with Gasteiger partial charge in [-0.1, -0.05) is 32.0 Å². The molecular weight excluding hydrogens is 355 g/mol. The summed E-state index contributed by atoms with van der Waals surface area (Å²) in [5, 5.41) is 3.54. The van der Waals surface area contributed by atoms with Crippen molar-refractivity contribution in [1.82, 2.24) is 9.55 Å². The number of hydrogen-bond acceptors (Lipinski definition) is 3. The minimum atomic E-state index is -4.50. The van der Waals surface area contributed by atoms with Crippen LogP contribution in [0, 0.1) is 12.8 Å². The molecule has 0 bridgehead atoms. The van der Waals surface area contributed by atoms with Gasteiger partial charge >= 0.3 is 11.9 Å². The number of anilines is 1. The second kappa shape index (κ2) is 7.06. The van der Waals surface area contributed by atoms with E-state index in [1.165, 1.54) is 10.6 Å². The zero-order valence-corrected chi connectivity index (χ0v) is 15.3. The third-order valence-corrected chi connectivity index (χ3v) is 4.25. The maximum Gasteiger partial charge on any atom is 0.416 e. The third kappa shape index (κ3) is 3.82. The quantitative estimate of drug-likeness (QED) is 0.714. The van der Waals surface area contributed by atoms with Gasteiger partial charge in [0, 0.05) is 11.9 Å². The van der Waals surface area contributed by atoms with E-state index < -0.39 is 17.4 Å². The molecule has 0 aliphatic carbocycles. The van der Waals surface area contributed by atoms with Crippen LogP contribution >= 0.6 is 0 Å². The maximum absolute atomic E-state index is 13.3. The van der Waals surface area contributed by atoms with Crippen molar-refractivity contribution >= 4 is 16.7 Å². The summed E-state index contributed by atoms with van der Waals surface area (Å²) in [6.07, 6.45) is -4.50. The highest BCUT2D eigenvalue weighted by Crippen LogP contribution is 2.33. The lowest BCUT2D eigenvalue weighted by atomic mass is 10.1. The number of halogens is 3. The molecule has 7 heteroatoms. The van der Waals surface area contributed by atoms with Crippen molar-refractivity contribution in [1.29, 1.82) is 0 Å². The number of aryl methyl sites for hydroxylation is 1. The van der Waals surface area contributed by atoms with Gasteiger partial charge in [-0.25, -0.2) is 4.79 Å². The molecule has 2 aromatic carbocycles. The summed E-state index contributed by atoms with van der Waals surface area (Å²) in [6.45, 7) is 6.33. The van der Waals surface area contributed by atoms with Crippen molar-refractivity contribution in [3.8, 4) is 5.69 Å². The molecule has 0 saturated heterocycles. The summed E-state index contributed by atoms with van der Waals surface area (Å²) >= 11 is 0. The Hall–Kier alpha value is -2.83. The van der Waals surface area contributed by atoms with Crippen LogP contribution in [-0.2, 0) is 6.18 Å². The fraction of sp³-hybridized carbons (Fsp3) is 0.300. The molecule has 0 amide bonds. The van der Waals surface area contributed by atoms with E-state index in [-0.39, 0.29) is 11.4 Å². The van der Waals surface area contributed by atoms with E-state index in [1.807, 2.05) is 13.8 Å². The first-order chi connectivity index (χ1) is 12.7. The molecule has 0 fully saturated rings. The van der Waals surface area contributed by atoms with E-state index in [0.717, 1.165) is 17.7 Å². The first-order valence-electron chi connectivity index (χ1n) is 8.62. The van der Waals surface area contributed by atoms with Gasteiger partial charge in [0.15, 0.2) is 0 Å². The van der Waals surface area contributed by atoms with Crippen LogP contribution < -0.4 is 11.0 Å². The fourth-order valence-corrected chi connectivity index (χ4v) is 2.88. The average molecular weight is 375 g/mol. The summed E-state index contributed by atoms with van der Waals surface area (Å²) in [6, 6.07) is 10.4. The van der Waals surface area contributed by atoms with Crippen molar-refractivity contribution in [2.24, 2.45) is 5.92 Å². The van der Waals surface area contributed by atoms with Crippen LogP contribution in [0.1, 0.15) is 25.0 Å². The Morgan fingerprint density at radius 2 is 1.85 bits per heavy atom. The first-order valence-corrected chi connectivity index (χ1v) is 8.62. The number of aromatic nitrogens is 2. The lowest BCUT2D eigenvalue weighted by Gasteiger charge is -2.17. The lowest BCUT2D eigenvalue weighted by Crippen LogP contribution is -2.25. The Balaban J connectivity index is 2.34. The van der Waals surface area contributed by atoms with Crippen LogP contribution in [0.15, 0.2) is 47.3 Å². The number of para-hydroxylation sites is 1. The third-order valence-electron chi connectivity index (χ3n) is 4.25. The number of nitrogens with one attached hydrogen (secondary N) is 1. The molecule has 1 heterocycles. The van der Waals surface area contributed by atoms with Crippen LogP contribution in [-0.4, -0.2) is 16.1 Å². The normalized spacial score (nSPS) is 12.0. The van der Waals surface area contributed by atoms with Crippen molar-refractivity contribution in [3.63, 3.8) is 0 Å². The zero-order valence-electron chi connectivity index (χ0n) is 15.3. The van der Waals surface area contributed by atoms with Gasteiger partial charge in [-0.15, -0.1) is 0 Å². The Morgan fingerprint density at radius 3 is 2.48 bits per heavy atom. The Labute approximate surface area is 154 Å². The van der Waals surface area contributed by atoms with Crippen molar-refractivity contribution in [2.45, 2.75) is 26.9 Å². The number of fused-ring (bicyclic) bond motifs is 1. The summed E-state index contributed by atoms with van der Waals surface area (Å²) in [5.41, 5.74) is 0.0169. The molecule has 0 aliphatic heterocycles. The molecule has 142 valence electrons. The van der Waals surface area contributed by atoms with E-state index in [1.54, 1.807) is 31.2 Å². The second-order valence-electron chi connectivity index (χ2n) is 6.87. The molecule has 0 unspecified atom stereocenters. The van der Waals surface area contributed by atoms with Gasteiger partial charge in [0.1, 0.15) is 5.82 Å². The molecule has 1 N–H and O–H groups in total. The van der Waals surface area contributed by atoms with E-state index in [9.17, 15) is 18.0 Å². The van der Waals surface area contributed by atoms with Gasteiger partial charge in [-0.2, -0.15) is 18.2 Å². The van der Waals surface area contributed by atoms with Crippen molar-refractivity contribution < 1.29 is 13.2 Å². The summed E-state index contributed by atoms with van der Waals surface area (Å²) in [7, 11) is 0. The first kappa shape index (κ1) is 18.9. The van der Waals surface area contributed by atoms with Gasteiger partial charge in [-0.3, -0.25) is 4.57 Å². The smallest absolute Gasteiger partial charge is 0.369 e. The van der Waals surface area contributed by atoms with Crippen LogP contribution in [0.25, 0.3) is 16.6 Å². The van der Waals surface area contributed by atoms with E-state index in [4.69, 9.17) is 0 Å². The van der Waals surface area contributed by atoms with Gasteiger partial charge in [0.05, 0.1) is 16.8 Å². The SMILES string of the molecule is Cc1ccccc1-n1c(=O)nc(NCC(C)C)c2ccc(C(F)(F)F)cc21. The molecular formula is C20H20F3N3O. The summed E-state index contributed by atoms with van der Waals surface area (Å²) in [4.78, 5) is 16.8. The fourth-order valence-electron chi connectivity index (χ4n) is 2.88. The predicted molar refractivity (Wildman–Crippen MR) is 100 cm³/mol. The van der Waals surface area contributed by atoms with Crippen LogP contribution in [0.4, 0.5) is 19.0 Å². The molecule has 0 spiro atoms. The van der Waals surface area contributed by atoms with Gasteiger partial charge in [-0.05, 0) is 42.7 Å². The number of rotatable bonds is 4. The Kier molecular flexibility index (Phi) is 4.95. The molecule has 0 atom stereocenters. The van der Waals surface area contributed by atoms with Crippen LogP contribution in [0.5, 0.6) is 0 Å². The highest BCUT2D eigenvalue weighted by atomic mass is 19.4. The van der Waals surface area contributed by atoms with E-state index in [2.05, 4.69) is 10.3 Å². The molecule has 0 aliphatic rings. The molecule has 3 rings (SSSR count). The standard InChI is InChI=1S/C20H20F3N3O/c1-12(2)11-24-18-15-9-8-14(20(21,22)23)10-17(15)26(19(27)25-18)16-7-5-4-6-13(16)3/h4-10,12H,11H2,1-3H3,(H,24,25,27). The highest BCUT2D eigenvalue weighted by Gasteiger charge is 2.31. The van der Waals surface area contributed by atoms with Crippen LogP contribution in [0.2, 0.25) is 0 Å². The van der Waals surface area contributed by atoms with Gasteiger partial charge in [0.25, 0.3) is 0 Å². The zero-order chi connectivity index (χ0) is 19.8. The molecule has 27 heavy (non-hydrogen) atoms. The second-order valence-corrected chi connectivity index (χ2v) is 6.87. The summed E-state index contributed by atoms with van der Waals surface area (Å²) < 4.78 is 41.0. The molecule has 0 radical (unpaired) electrons. The molecule has 3 aromatic rings. The molecule has 0 saturated carbocycles. The topological polar surface area (TPSA) is 46.9 Å². The summed E-state index contributed by atoms with van der Waals surface area (Å²) in [5.74, 6) is 0.581. The Morgan fingerprint density at radius 1 is 1.15 bits per heavy atom. The number of alkyl halides is 3. The number of benzene rings is 2. The average Bonchev–Trinajstić information content (AvgIpc) is 2.59. The predicted octanol–water partition coefficient (Wildman–Crippen LogP) is 4.78. The minimum absolute atomic E-state index is 0.172. The van der Waals surface area contributed by atoms with Crippen LogP contribution in [0.3, 0.4) is 0 Å². The Bertz CT molecular complexity index is 1040. The highest BCUT2D eigenvalue weighted by molar-refractivity contribution is 5.91.